The summed E-state index contributed by atoms with van der Waals surface area (Å²) in [5.74, 6) is 0.185. The average molecular weight is 345 g/mol. The van der Waals surface area contributed by atoms with Crippen molar-refractivity contribution in [1.29, 1.82) is 0 Å². The Balaban J connectivity index is 1.48. The third kappa shape index (κ3) is 3.95. The predicted molar refractivity (Wildman–Crippen MR) is 96.7 cm³/mol. The number of anilines is 1. The van der Waals surface area contributed by atoms with Crippen LogP contribution in [0.4, 0.5) is 10.5 Å². The number of benzene rings is 1. The fraction of sp³-hybridized carbons (Fsp3) is 0.579. The topological polar surface area (TPSA) is 53.1 Å². The van der Waals surface area contributed by atoms with Crippen LogP contribution in [0.2, 0.25) is 0 Å². The molecule has 0 bridgehead atoms. The normalized spacial score (nSPS) is 20.5. The van der Waals surface area contributed by atoms with Gasteiger partial charge in [-0.25, -0.2) is 4.79 Å². The molecule has 3 rings (SSSR count). The lowest BCUT2D eigenvalue weighted by Crippen LogP contribution is -2.49. The number of fused-ring (bicyclic) bond motifs is 1. The molecule has 0 aliphatic carbocycles. The minimum atomic E-state index is -0.235. The van der Waals surface area contributed by atoms with Crippen molar-refractivity contribution in [3.05, 3.63) is 29.8 Å². The molecule has 1 fully saturated rings. The van der Waals surface area contributed by atoms with Crippen LogP contribution in [0, 0.1) is 0 Å². The van der Waals surface area contributed by atoms with Crippen molar-refractivity contribution in [3.8, 4) is 0 Å². The van der Waals surface area contributed by atoms with E-state index in [0.29, 0.717) is 26.1 Å². The van der Waals surface area contributed by atoms with Gasteiger partial charge in [-0.1, -0.05) is 18.2 Å². The van der Waals surface area contributed by atoms with Crippen molar-refractivity contribution in [2.45, 2.75) is 32.7 Å². The summed E-state index contributed by atoms with van der Waals surface area (Å²) in [4.78, 5) is 30.4. The highest BCUT2D eigenvalue weighted by Crippen LogP contribution is 2.32. The molecule has 0 radical (unpaired) electrons. The molecule has 25 heavy (non-hydrogen) atoms. The summed E-state index contributed by atoms with van der Waals surface area (Å²) >= 11 is 0. The maximum Gasteiger partial charge on any atom is 0.409 e. The number of piperazine rings is 1. The van der Waals surface area contributed by atoms with Gasteiger partial charge in [0.2, 0.25) is 5.91 Å². The van der Waals surface area contributed by atoms with Gasteiger partial charge in [-0.2, -0.15) is 0 Å². The number of nitrogens with zero attached hydrogens (tertiary/aromatic N) is 3. The van der Waals surface area contributed by atoms with E-state index in [2.05, 4.69) is 17.9 Å². The van der Waals surface area contributed by atoms with Gasteiger partial charge in [0.1, 0.15) is 0 Å². The standard InChI is InChI=1S/C19H27N3O3/c1-3-25-19(24)21-12-10-20(11-13-21)9-8-18(23)22-15(2)14-16-6-4-5-7-17(16)22/h4-7,15H,3,8-14H2,1-2H3. The van der Waals surface area contributed by atoms with Crippen molar-refractivity contribution in [2.24, 2.45) is 0 Å². The first-order valence-corrected chi connectivity index (χ1v) is 9.14. The smallest absolute Gasteiger partial charge is 0.409 e. The molecule has 0 saturated carbocycles. The van der Waals surface area contributed by atoms with Crippen molar-refractivity contribution >= 4 is 17.7 Å². The van der Waals surface area contributed by atoms with Crippen molar-refractivity contribution < 1.29 is 14.3 Å². The van der Waals surface area contributed by atoms with Crippen LogP contribution in [0.25, 0.3) is 0 Å². The van der Waals surface area contributed by atoms with Crippen molar-refractivity contribution in [2.75, 3.05) is 44.2 Å². The van der Waals surface area contributed by atoms with E-state index < -0.39 is 0 Å². The quantitative estimate of drug-likeness (QED) is 0.839. The summed E-state index contributed by atoms with van der Waals surface area (Å²) in [7, 11) is 0. The Morgan fingerprint density at radius 2 is 1.88 bits per heavy atom. The zero-order chi connectivity index (χ0) is 17.8. The van der Waals surface area contributed by atoms with Crippen LogP contribution >= 0.6 is 0 Å². The molecule has 1 aromatic rings. The summed E-state index contributed by atoms with van der Waals surface area (Å²) in [6, 6.07) is 8.39. The van der Waals surface area contributed by atoms with Crippen LogP contribution in [0.1, 0.15) is 25.8 Å². The van der Waals surface area contributed by atoms with Crippen LogP contribution < -0.4 is 4.90 Å². The van der Waals surface area contributed by atoms with Gasteiger partial charge in [0.25, 0.3) is 0 Å². The van der Waals surface area contributed by atoms with Gasteiger partial charge in [-0.05, 0) is 31.9 Å². The molecule has 1 atom stereocenters. The minimum absolute atomic E-state index is 0.185. The highest BCUT2D eigenvalue weighted by atomic mass is 16.6. The number of carbonyl (C=O) groups is 2. The number of rotatable bonds is 4. The van der Waals surface area contributed by atoms with Crippen molar-refractivity contribution in [3.63, 3.8) is 0 Å². The first kappa shape index (κ1) is 17.7. The highest BCUT2D eigenvalue weighted by molar-refractivity contribution is 5.96. The van der Waals surface area contributed by atoms with Gasteiger partial charge in [0.15, 0.2) is 0 Å². The molecule has 2 amide bonds. The van der Waals surface area contributed by atoms with Crippen LogP contribution in [-0.2, 0) is 16.0 Å². The molecule has 6 nitrogen and oxygen atoms in total. The fourth-order valence-electron chi connectivity index (χ4n) is 3.69. The maximum atomic E-state index is 12.7. The molecular formula is C19H27N3O3. The fourth-order valence-corrected chi connectivity index (χ4v) is 3.69. The van der Waals surface area contributed by atoms with Gasteiger partial charge in [0, 0.05) is 50.9 Å². The third-order valence-electron chi connectivity index (χ3n) is 5.02. The first-order valence-electron chi connectivity index (χ1n) is 9.14. The van der Waals surface area contributed by atoms with E-state index in [9.17, 15) is 9.59 Å². The molecule has 136 valence electrons. The van der Waals surface area contributed by atoms with Crippen molar-refractivity contribution in [1.82, 2.24) is 9.80 Å². The molecule has 0 aromatic heterocycles. The molecule has 2 aliphatic rings. The predicted octanol–water partition coefficient (Wildman–Crippen LogP) is 2.13. The number of hydrogen-bond acceptors (Lipinski definition) is 4. The number of amides is 2. The van der Waals surface area contributed by atoms with Gasteiger partial charge >= 0.3 is 6.09 Å². The average Bonchev–Trinajstić information content (AvgIpc) is 2.96. The number of para-hydroxylation sites is 1. The first-order chi connectivity index (χ1) is 12.1. The van der Waals surface area contributed by atoms with Gasteiger partial charge in [-0.15, -0.1) is 0 Å². The summed E-state index contributed by atoms with van der Waals surface area (Å²) < 4.78 is 5.04. The zero-order valence-corrected chi connectivity index (χ0v) is 15.1. The van der Waals surface area contributed by atoms with Gasteiger partial charge in [0.05, 0.1) is 6.61 Å². The molecule has 0 N–H and O–H groups in total. The van der Waals surface area contributed by atoms with E-state index in [1.165, 1.54) is 5.56 Å². The zero-order valence-electron chi connectivity index (χ0n) is 15.1. The third-order valence-corrected chi connectivity index (χ3v) is 5.02. The van der Waals surface area contributed by atoms with Crippen LogP contribution in [0.5, 0.6) is 0 Å². The Morgan fingerprint density at radius 3 is 2.60 bits per heavy atom. The van der Waals surface area contributed by atoms with E-state index in [0.717, 1.165) is 31.7 Å². The van der Waals surface area contributed by atoms with Crippen LogP contribution in [-0.4, -0.2) is 67.2 Å². The lowest BCUT2D eigenvalue weighted by molar-refractivity contribution is -0.119. The summed E-state index contributed by atoms with van der Waals surface area (Å²) in [6.45, 7) is 7.97. The molecule has 2 heterocycles. The SMILES string of the molecule is CCOC(=O)N1CCN(CCC(=O)N2c3ccccc3CC2C)CC1. The maximum absolute atomic E-state index is 12.7. The van der Waals surface area contributed by atoms with Crippen LogP contribution in [0.3, 0.4) is 0 Å². The van der Waals surface area contributed by atoms with E-state index >= 15 is 0 Å². The Hall–Kier alpha value is -2.08. The van der Waals surface area contributed by atoms with Gasteiger partial charge in [-0.3, -0.25) is 9.69 Å². The molecule has 1 aromatic carbocycles. The second-order valence-corrected chi connectivity index (χ2v) is 6.72. The Kier molecular flexibility index (Phi) is 5.58. The molecular weight excluding hydrogens is 318 g/mol. The Labute approximate surface area is 149 Å². The van der Waals surface area contributed by atoms with E-state index in [-0.39, 0.29) is 18.0 Å². The van der Waals surface area contributed by atoms with E-state index in [1.54, 1.807) is 4.90 Å². The largest absolute Gasteiger partial charge is 0.450 e. The van der Waals surface area contributed by atoms with Crippen LogP contribution in [0.15, 0.2) is 24.3 Å². The number of hydrogen-bond donors (Lipinski definition) is 0. The number of ether oxygens (including phenoxy) is 1. The lowest BCUT2D eigenvalue weighted by atomic mass is 10.1. The number of carbonyl (C=O) groups excluding carboxylic acids is 2. The summed E-state index contributed by atoms with van der Waals surface area (Å²) in [5.41, 5.74) is 2.32. The molecule has 2 aliphatic heterocycles. The summed E-state index contributed by atoms with van der Waals surface area (Å²) in [6.07, 6.45) is 1.21. The highest BCUT2D eigenvalue weighted by Gasteiger charge is 2.30. The second-order valence-electron chi connectivity index (χ2n) is 6.72. The van der Waals surface area contributed by atoms with E-state index in [1.807, 2.05) is 30.0 Å². The Morgan fingerprint density at radius 1 is 1.16 bits per heavy atom. The molecule has 1 saturated heterocycles. The molecule has 6 heteroatoms. The van der Waals surface area contributed by atoms with E-state index in [4.69, 9.17) is 4.74 Å². The lowest BCUT2D eigenvalue weighted by Gasteiger charge is -2.34. The monoisotopic (exact) mass is 345 g/mol. The van der Waals surface area contributed by atoms with Gasteiger partial charge < -0.3 is 14.5 Å². The molecule has 1 unspecified atom stereocenters. The molecule has 0 spiro atoms. The second kappa shape index (κ2) is 7.87. The Bertz CT molecular complexity index is 626. The minimum Gasteiger partial charge on any atom is -0.450 e. The summed E-state index contributed by atoms with van der Waals surface area (Å²) in [5, 5.41) is 0.